The van der Waals surface area contributed by atoms with Crippen LogP contribution in [-0.4, -0.2) is 18.6 Å². The number of aromatic nitrogens is 1. The van der Waals surface area contributed by atoms with Crippen molar-refractivity contribution in [3.8, 4) is 5.88 Å². The first kappa shape index (κ1) is 11.2. The van der Waals surface area contributed by atoms with E-state index in [1.165, 1.54) is 0 Å². The van der Waals surface area contributed by atoms with Crippen LogP contribution in [0.3, 0.4) is 0 Å². The van der Waals surface area contributed by atoms with Gasteiger partial charge >= 0.3 is 0 Å². The van der Waals surface area contributed by atoms with Gasteiger partial charge in [-0.25, -0.2) is 4.98 Å². The van der Waals surface area contributed by atoms with Crippen molar-refractivity contribution in [1.29, 1.82) is 0 Å². The molecule has 0 radical (unpaired) electrons. The minimum atomic E-state index is 0.667. The molecule has 76 valence electrons. The van der Waals surface area contributed by atoms with Crippen molar-refractivity contribution >= 4 is 15.9 Å². The first-order chi connectivity index (χ1) is 6.74. The van der Waals surface area contributed by atoms with Crippen molar-refractivity contribution in [2.75, 3.05) is 13.7 Å². The van der Waals surface area contributed by atoms with Crippen LogP contribution in [0, 0.1) is 0 Å². The summed E-state index contributed by atoms with van der Waals surface area (Å²) in [6.07, 6.45) is 1.71. The SMILES string of the molecule is C=C(Br)CNCc1cccnc1OC. The molecule has 0 fully saturated rings. The predicted molar refractivity (Wildman–Crippen MR) is 60.6 cm³/mol. The van der Waals surface area contributed by atoms with Gasteiger partial charge < -0.3 is 10.1 Å². The fourth-order valence-electron chi connectivity index (χ4n) is 1.08. The highest BCUT2D eigenvalue weighted by molar-refractivity contribution is 9.11. The van der Waals surface area contributed by atoms with Gasteiger partial charge in [-0.3, -0.25) is 0 Å². The lowest BCUT2D eigenvalue weighted by molar-refractivity contribution is 0.391. The van der Waals surface area contributed by atoms with Crippen LogP contribution in [0.1, 0.15) is 5.56 Å². The van der Waals surface area contributed by atoms with Crippen molar-refractivity contribution in [2.45, 2.75) is 6.54 Å². The summed E-state index contributed by atoms with van der Waals surface area (Å²) in [7, 11) is 1.62. The summed E-state index contributed by atoms with van der Waals surface area (Å²) in [5.41, 5.74) is 1.05. The molecule has 0 atom stereocenters. The zero-order valence-corrected chi connectivity index (χ0v) is 9.67. The fourth-order valence-corrected chi connectivity index (χ4v) is 1.27. The Bertz CT molecular complexity index is 315. The van der Waals surface area contributed by atoms with Gasteiger partial charge in [0.25, 0.3) is 0 Å². The summed E-state index contributed by atoms with van der Waals surface area (Å²) in [5.74, 6) is 0.667. The van der Waals surface area contributed by atoms with Crippen LogP contribution >= 0.6 is 15.9 Å². The molecule has 1 N–H and O–H groups in total. The Labute approximate surface area is 92.3 Å². The second kappa shape index (κ2) is 5.78. The number of nitrogens with zero attached hydrogens (tertiary/aromatic N) is 1. The van der Waals surface area contributed by atoms with Crippen molar-refractivity contribution in [1.82, 2.24) is 10.3 Å². The topological polar surface area (TPSA) is 34.2 Å². The highest BCUT2D eigenvalue weighted by Crippen LogP contribution is 2.12. The molecule has 0 spiro atoms. The molecule has 0 aromatic carbocycles. The molecule has 1 aromatic heterocycles. The van der Waals surface area contributed by atoms with Crippen LogP contribution in [0.5, 0.6) is 5.88 Å². The average molecular weight is 257 g/mol. The number of hydrogen-bond donors (Lipinski definition) is 1. The molecule has 0 saturated carbocycles. The van der Waals surface area contributed by atoms with E-state index >= 15 is 0 Å². The Kier molecular flexibility index (Phi) is 4.62. The zero-order chi connectivity index (χ0) is 10.4. The Morgan fingerprint density at radius 3 is 3.14 bits per heavy atom. The van der Waals surface area contributed by atoms with E-state index in [0.717, 1.165) is 23.1 Å². The maximum absolute atomic E-state index is 5.12. The number of ether oxygens (including phenoxy) is 1. The van der Waals surface area contributed by atoms with E-state index in [4.69, 9.17) is 4.74 Å². The van der Waals surface area contributed by atoms with E-state index in [0.29, 0.717) is 5.88 Å². The third-order valence-corrected chi connectivity index (χ3v) is 1.96. The fraction of sp³-hybridized carbons (Fsp3) is 0.300. The quantitative estimate of drug-likeness (QED) is 0.877. The van der Waals surface area contributed by atoms with Crippen molar-refractivity contribution in [3.05, 3.63) is 35.0 Å². The second-order valence-electron chi connectivity index (χ2n) is 2.79. The molecule has 1 heterocycles. The van der Waals surface area contributed by atoms with Crippen LogP contribution in [0.15, 0.2) is 29.4 Å². The Morgan fingerprint density at radius 2 is 2.50 bits per heavy atom. The molecule has 4 heteroatoms. The van der Waals surface area contributed by atoms with Crippen LogP contribution < -0.4 is 10.1 Å². The minimum absolute atomic E-state index is 0.667. The second-order valence-corrected chi connectivity index (χ2v) is 3.91. The van der Waals surface area contributed by atoms with Gasteiger partial charge in [0.05, 0.1) is 7.11 Å². The molecular formula is C10H13BrN2O. The summed E-state index contributed by atoms with van der Waals surface area (Å²) in [4.78, 5) is 4.10. The Balaban J connectivity index is 2.53. The van der Waals surface area contributed by atoms with Gasteiger partial charge in [0.2, 0.25) is 5.88 Å². The van der Waals surface area contributed by atoms with Gasteiger partial charge in [0.15, 0.2) is 0 Å². The van der Waals surface area contributed by atoms with E-state index < -0.39 is 0 Å². The summed E-state index contributed by atoms with van der Waals surface area (Å²) in [6, 6.07) is 3.87. The van der Waals surface area contributed by atoms with Crippen LogP contribution in [0.25, 0.3) is 0 Å². The van der Waals surface area contributed by atoms with E-state index in [2.05, 4.69) is 32.8 Å². The molecule has 0 aliphatic rings. The summed E-state index contributed by atoms with van der Waals surface area (Å²) < 4.78 is 6.05. The minimum Gasteiger partial charge on any atom is -0.481 e. The largest absolute Gasteiger partial charge is 0.481 e. The zero-order valence-electron chi connectivity index (χ0n) is 8.09. The summed E-state index contributed by atoms with van der Waals surface area (Å²) in [5, 5.41) is 3.21. The van der Waals surface area contributed by atoms with Gasteiger partial charge in [-0.15, -0.1) is 0 Å². The van der Waals surface area contributed by atoms with Crippen molar-refractivity contribution in [2.24, 2.45) is 0 Å². The van der Waals surface area contributed by atoms with Gasteiger partial charge in [-0.1, -0.05) is 28.6 Å². The first-order valence-corrected chi connectivity index (χ1v) is 5.05. The molecule has 14 heavy (non-hydrogen) atoms. The molecule has 0 amide bonds. The standard InChI is InChI=1S/C10H13BrN2O/c1-8(11)6-12-7-9-4-3-5-13-10(9)14-2/h3-5,12H,1,6-7H2,2H3. The lowest BCUT2D eigenvalue weighted by atomic mass is 10.2. The molecule has 0 aliphatic carbocycles. The number of rotatable bonds is 5. The predicted octanol–water partition coefficient (Wildman–Crippen LogP) is 2.09. The Morgan fingerprint density at radius 1 is 1.71 bits per heavy atom. The van der Waals surface area contributed by atoms with Crippen LogP contribution in [0.2, 0.25) is 0 Å². The van der Waals surface area contributed by atoms with E-state index in [9.17, 15) is 0 Å². The molecule has 3 nitrogen and oxygen atoms in total. The molecule has 0 bridgehead atoms. The van der Waals surface area contributed by atoms with Crippen LogP contribution in [0.4, 0.5) is 0 Å². The number of methoxy groups -OCH3 is 1. The molecule has 1 rings (SSSR count). The highest BCUT2D eigenvalue weighted by atomic mass is 79.9. The highest BCUT2D eigenvalue weighted by Gasteiger charge is 2.01. The van der Waals surface area contributed by atoms with Crippen molar-refractivity contribution in [3.63, 3.8) is 0 Å². The van der Waals surface area contributed by atoms with Gasteiger partial charge in [-0.05, 0) is 6.07 Å². The monoisotopic (exact) mass is 256 g/mol. The van der Waals surface area contributed by atoms with E-state index in [1.54, 1.807) is 13.3 Å². The maximum Gasteiger partial charge on any atom is 0.217 e. The summed E-state index contributed by atoms with van der Waals surface area (Å²) >= 11 is 3.28. The molecule has 0 aliphatic heterocycles. The van der Waals surface area contributed by atoms with E-state index in [1.807, 2.05) is 12.1 Å². The van der Waals surface area contributed by atoms with Gasteiger partial charge in [0, 0.05) is 29.3 Å². The van der Waals surface area contributed by atoms with Crippen molar-refractivity contribution < 1.29 is 4.74 Å². The summed E-state index contributed by atoms with van der Waals surface area (Å²) in [6.45, 7) is 5.19. The lowest BCUT2D eigenvalue weighted by Crippen LogP contribution is -2.15. The van der Waals surface area contributed by atoms with Gasteiger partial charge in [0.1, 0.15) is 0 Å². The Hall–Kier alpha value is -0.870. The molecular weight excluding hydrogens is 244 g/mol. The third-order valence-electron chi connectivity index (χ3n) is 1.68. The normalized spacial score (nSPS) is 9.86. The van der Waals surface area contributed by atoms with Crippen LogP contribution in [-0.2, 0) is 6.54 Å². The van der Waals surface area contributed by atoms with Gasteiger partial charge in [-0.2, -0.15) is 0 Å². The lowest BCUT2D eigenvalue weighted by Gasteiger charge is -2.07. The molecule has 1 aromatic rings. The molecule has 0 saturated heterocycles. The number of halogens is 1. The van der Waals surface area contributed by atoms with E-state index in [-0.39, 0.29) is 0 Å². The smallest absolute Gasteiger partial charge is 0.217 e. The number of nitrogens with one attached hydrogen (secondary N) is 1. The molecule has 0 unspecified atom stereocenters. The average Bonchev–Trinajstić information content (AvgIpc) is 2.18. The third kappa shape index (κ3) is 3.47. The number of pyridine rings is 1. The maximum atomic E-state index is 5.12. The first-order valence-electron chi connectivity index (χ1n) is 4.26. The number of hydrogen-bond acceptors (Lipinski definition) is 3.